The van der Waals surface area contributed by atoms with E-state index in [0.717, 1.165) is 0 Å². The topological polar surface area (TPSA) is 69.6 Å². The highest BCUT2D eigenvalue weighted by Crippen LogP contribution is 2.28. The molecule has 8 heteroatoms. The zero-order valence-electron chi connectivity index (χ0n) is 8.52. The van der Waals surface area contributed by atoms with Crippen molar-refractivity contribution in [2.24, 2.45) is 5.73 Å². The highest BCUT2D eigenvalue weighted by atomic mass is 19.4. The van der Waals surface area contributed by atoms with Crippen LogP contribution >= 0.6 is 0 Å². The van der Waals surface area contributed by atoms with Crippen LogP contribution in [0.3, 0.4) is 0 Å². The highest BCUT2D eigenvalue weighted by Gasteiger charge is 2.38. The van der Waals surface area contributed by atoms with Gasteiger partial charge >= 0.3 is 6.18 Å². The molecule has 2 N–H and O–H groups in total. The van der Waals surface area contributed by atoms with Crippen LogP contribution in [0.5, 0.6) is 0 Å². The molecule has 0 unspecified atom stereocenters. The SMILES string of the molecule is NCc1cccc(-n2nnnc2C(F)(F)F)c1. The van der Waals surface area contributed by atoms with E-state index in [1.54, 1.807) is 12.1 Å². The van der Waals surface area contributed by atoms with Crippen LogP contribution in [0, 0.1) is 0 Å². The van der Waals surface area contributed by atoms with Gasteiger partial charge in [0.15, 0.2) is 0 Å². The van der Waals surface area contributed by atoms with E-state index in [-0.39, 0.29) is 12.2 Å². The summed E-state index contributed by atoms with van der Waals surface area (Å²) in [6.07, 6.45) is -4.60. The summed E-state index contributed by atoms with van der Waals surface area (Å²) in [4.78, 5) is 0. The maximum atomic E-state index is 12.6. The average molecular weight is 243 g/mol. The lowest BCUT2D eigenvalue weighted by molar-refractivity contribution is -0.146. The second-order valence-electron chi connectivity index (χ2n) is 3.29. The molecule has 0 fully saturated rings. The first-order valence-corrected chi connectivity index (χ1v) is 4.67. The molecule has 2 aromatic rings. The van der Waals surface area contributed by atoms with E-state index in [2.05, 4.69) is 15.5 Å². The quantitative estimate of drug-likeness (QED) is 0.858. The molecule has 0 amide bonds. The van der Waals surface area contributed by atoms with E-state index in [9.17, 15) is 13.2 Å². The standard InChI is InChI=1S/C9H8F3N5/c10-9(11,12)8-14-15-16-17(8)7-3-1-2-6(4-7)5-13/h1-4H,5,13H2. The number of nitrogens with two attached hydrogens (primary N) is 1. The second kappa shape index (κ2) is 4.13. The monoisotopic (exact) mass is 243 g/mol. The second-order valence-corrected chi connectivity index (χ2v) is 3.29. The van der Waals surface area contributed by atoms with Gasteiger partial charge in [0.05, 0.1) is 5.69 Å². The van der Waals surface area contributed by atoms with Crippen LogP contribution in [-0.2, 0) is 12.7 Å². The Labute approximate surface area is 94.0 Å². The summed E-state index contributed by atoms with van der Waals surface area (Å²) in [5, 5.41) is 9.32. The van der Waals surface area contributed by atoms with Gasteiger partial charge in [-0.15, -0.1) is 5.10 Å². The molecule has 0 bridgehead atoms. The zero-order valence-corrected chi connectivity index (χ0v) is 8.52. The van der Waals surface area contributed by atoms with Gasteiger partial charge in [-0.2, -0.15) is 17.9 Å². The Morgan fingerprint density at radius 3 is 2.71 bits per heavy atom. The van der Waals surface area contributed by atoms with Gasteiger partial charge in [0.2, 0.25) is 0 Å². The van der Waals surface area contributed by atoms with Crippen molar-refractivity contribution >= 4 is 0 Å². The number of hydrogen-bond donors (Lipinski definition) is 1. The van der Waals surface area contributed by atoms with E-state index >= 15 is 0 Å². The minimum Gasteiger partial charge on any atom is -0.326 e. The van der Waals surface area contributed by atoms with E-state index in [4.69, 9.17) is 5.73 Å². The van der Waals surface area contributed by atoms with E-state index < -0.39 is 12.0 Å². The maximum Gasteiger partial charge on any atom is 0.453 e. The number of alkyl halides is 3. The summed E-state index contributed by atoms with van der Waals surface area (Å²) in [6.45, 7) is 0.233. The third kappa shape index (κ3) is 2.26. The number of halogens is 3. The predicted octanol–water partition coefficient (Wildman–Crippen LogP) is 1.14. The minimum absolute atomic E-state index is 0.227. The van der Waals surface area contributed by atoms with Crippen LogP contribution in [0.1, 0.15) is 11.4 Å². The third-order valence-corrected chi connectivity index (χ3v) is 2.11. The molecule has 0 aliphatic carbocycles. The van der Waals surface area contributed by atoms with Crippen LogP contribution in [0.2, 0.25) is 0 Å². The molecule has 5 nitrogen and oxygen atoms in total. The molecule has 0 radical (unpaired) electrons. The molecule has 0 atom stereocenters. The van der Waals surface area contributed by atoms with E-state index in [1.807, 2.05) is 0 Å². The summed E-state index contributed by atoms with van der Waals surface area (Å²) in [6, 6.07) is 6.29. The van der Waals surface area contributed by atoms with Gasteiger partial charge in [-0.3, -0.25) is 0 Å². The van der Waals surface area contributed by atoms with E-state index in [0.29, 0.717) is 10.2 Å². The lowest BCUT2D eigenvalue weighted by Gasteiger charge is -2.07. The molecule has 0 aliphatic heterocycles. The summed E-state index contributed by atoms with van der Waals surface area (Å²) >= 11 is 0. The summed E-state index contributed by atoms with van der Waals surface area (Å²) < 4.78 is 38.3. The molecule has 1 aromatic carbocycles. The molecular formula is C9H8F3N5. The predicted molar refractivity (Wildman–Crippen MR) is 52.0 cm³/mol. The average Bonchev–Trinajstić information content (AvgIpc) is 2.77. The molecule has 2 rings (SSSR count). The molecule has 0 saturated heterocycles. The highest BCUT2D eigenvalue weighted by molar-refractivity contribution is 5.35. The van der Waals surface area contributed by atoms with Crippen LogP contribution in [0.25, 0.3) is 5.69 Å². The lowest BCUT2D eigenvalue weighted by atomic mass is 10.2. The molecule has 90 valence electrons. The van der Waals surface area contributed by atoms with Gasteiger partial charge in [-0.1, -0.05) is 12.1 Å². The number of tetrazole rings is 1. The lowest BCUT2D eigenvalue weighted by Crippen LogP contribution is -2.15. The molecule has 1 heterocycles. The van der Waals surface area contributed by atoms with Crippen molar-refractivity contribution in [3.63, 3.8) is 0 Å². The van der Waals surface area contributed by atoms with Gasteiger partial charge in [0.25, 0.3) is 5.82 Å². The molecule has 0 saturated carbocycles. The molecule has 1 aromatic heterocycles. The van der Waals surface area contributed by atoms with Crippen LogP contribution in [-0.4, -0.2) is 20.2 Å². The molecular weight excluding hydrogens is 235 g/mol. The van der Waals surface area contributed by atoms with Crippen molar-refractivity contribution in [3.8, 4) is 5.69 Å². The number of aromatic nitrogens is 4. The molecule has 0 spiro atoms. The Bertz CT molecular complexity index is 519. The van der Waals surface area contributed by atoms with Crippen molar-refractivity contribution in [1.29, 1.82) is 0 Å². The Morgan fingerprint density at radius 2 is 2.06 bits per heavy atom. The minimum atomic E-state index is -4.60. The smallest absolute Gasteiger partial charge is 0.326 e. The van der Waals surface area contributed by atoms with Gasteiger partial charge in [-0.25, -0.2) is 0 Å². The van der Waals surface area contributed by atoms with Crippen molar-refractivity contribution in [2.45, 2.75) is 12.7 Å². The first-order valence-electron chi connectivity index (χ1n) is 4.67. The fraction of sp³-hybridized carbons (Fsp3) is 0.222. The fourth-order valence-corrected chi connectivity index (χ4v) is 1.35. The van der Waals surface area contributed by atoms with Crippen molar-refractivity contribution in [3.05, 3.63) is 35.7 Å². The fourth-order valence-electron chi connectivity index (χ4n) is 1.35. The third-order valence-electron chi connectivity index (χ3n) is 2.11. The molecule has 17 heavy (non-hydrogen) atoms. The number of nitrogens with zero attached hydrogens (tertiary/aromatic N) is 4. The number of rotatable bonds is 2. The summed E-state index contributed by atoms with van der Waals surface area (Å²) in [5.41, 5.74) is 6.34. The first-order chi connectivity index (χ1) is 8.02. The van der Waals surface area contributed by atoms with Gasteiger partial charge < -0.3 is 5.73 Å². The van der Waals surface area contributed by atoms with E-state index in [1.165, 1.54) is 12.1 Å². The number of hydrogen-bond acceptors (Lipinski definition) is 4. The molecule has 0 aliphatic rings. The Morgan fingerprint density at radius 1 is 1.29 bits per heavy atom. The van der Waals surface area contributed by atoms with Crippen LogP contribution in [0.15, 0.2) is 24.3 Å². The Balaban J connectivity index is 2.50. The van der Waals surface area contributed by atoms with Crippen molar-refractivity contribution in [2.75, 3.05) is 0 Å². The first kappa shape index (κ1) is 11.5. The Hall–Kier alpha value is -1.96. The van der Waals surface area contributed by atoms with Gasteiger partial charge in [0.1, 0.15) is 0 Å². The zero-order chi connectivity index (χ0) is 12.5. The van der Waals surface area contributed by atoms with Crippen LogP contribution in [0.4, 0.5) is 13.2 Å². The van der Waals surface area contributed by atoms with Crippen LogP contribution < -0.4 is 5.73 Å². The maximum absolute atomic E-state index is 12.6. The van der Waals surface area contributed by atoms with Crippen molar-refractivity contribution < 1.29 is 13.2 Å². The summed E-state index contributed by atoms with van der Waals surface area (Å²) in [5.74, 6) is -1.16. The summed E-state index contributed by atoms with van der Waals surface area (Å²) in [7, 11) is 0. The number of benzene rings is 1. The Kier molecular flexibility index (Phi) is 2.80. The van der Waals surface area contributed by atoms with Gasteiger partial charge in [0, 0.05) is 6.54 Å². The van der Waals surface area contributed by atoms with Crippen molar-refractivity contribution in [1.82, 2.24) is 20.2 Å². The van der Waals surface area contributed by atoms with Gasteiger partial charge in [-0.05, 0) is 28.1 Å². The largest absolute Gasteiger partial charge is 0.453 e. The normalized spacial score (nSPS) is 11.8.